The summed E-state index contributed by atoms with van der Waals surface area (Å²) in [5.74, 6) is 0.832. The van der Waals surface area contributed by atoms with Crippen molar-refractivity contribution >= 4 is 23.4 Å². The molecule has 2 rings (SSSR count). The van der Waals surface area contributed by atoms with Crippen molar-refractivity contribution in [1.82, 2.24) is 0 Å². The molecular formula is C14H13ClO2S. The Kier molecular flexibility index (Phi) is 4.53. The third-order valence-corrected chi connectivity index (χ3v) is 3.80. The van der Waals surface area contributed by atoms with Crippen LogP contribution in [0, 0.1) is 0 Å². The van der Waals surface area contributed by atoms with Crippen LogP contribution in [0.3, 0.4) is 0 Å². The highest BCUT2D eigenvalue weighted by molar-refractivity contribution is 7.99. The Morgan fingerprint density at radius 2 is 1.94 bits per heavy atom. The molecule has 2 nitrogen and oxygen atoms in total. The van der Waals surface area contributed by atoms with E-state index in [-0.39, 0.29) is 6.61 Å². The molecule has 0 fully saturated rings. The van der Waals surface area contributed by atoms with E-state index in [1.54, 1.807) is 18.9 Å². The van der Waals surface area contributed by atoms with Crippen LogP contribution in [-0.4, -0.2) is 12.2 Å². The molecule has 0 amide bonds. The molecule has 0 saturated heterocycles. The molecule has 0 unspecified atom stereocenters. The molecule has 0 saturated carbocycles. The van der Waals surface area contributed by atoms with E-state index in [0.29, 0.717) is 5.02 Å². The summed E-state index contributed by atoms with van der Waals surface area (Å²) < 4.78 is 5.18. The summed E-state index contributed by atoms with van der Waals surface area (Å²) in [5.41, 5.74) is 0.742. The van der Waals surface area contributed by atoms with E-state index in [0.717, 1.165) is 21.1 Å². The van der Waals surface area contributed by atoms with Gasteiger partial charge >= 0.3 is 0 Å². The van der Waals surface area contributed by atoms with Crippen molar-refractivity contribution in [2.75, 3.05) is 7.11 Å². The average Bonchev–Trinajstić information content (AvgIpc) is 2.39. The summed E-state index contributed by atoms with van der Waals surface area (Å²) in [4.78, 5) is 2.12. The zero-order valence-electron chi connectivity index (χ0n) is 9.89. The predicted molar refractivity (Wildman–Crippen MR) is 74.5 cm³/mol. The van der Waals surface area contributed by atoms with Gasteiger partial charge in [-0.2, -0.15) is 0 Å². The van der Waals surface area contributed by atoms with Crippen molar-refractivity contribution in [3.05, 3.63) is 53.1 Å². The van der Waals surface area contributed by atoms with Gasteiger partial charge in [0.1, 0.15) is 5.75 Å². The van der Waals surface area contributed by atoms with E-state index in [2.05, 4.69) is 0 Å². The summed E-state index contributed by atoms with van der Waals surface area (Å²) in [7, 11) is 1.65. The lowest BCUT2D eigenvalue weighted by atomic mass is 10.2. The maximum absolute atomic E-state index is 9.06. The van der Waals surface area contributed by atoms with Gasteiger partial charge in [-0.25, -0.2) is 0 Å². The smallest absolute Gasteiger partial charge is 0.119 e. The Morgan fingerprint density at radius 3 is 2.61 bits per heavy atom. The van der Waals surface area contributed by atoms with Crippen LogP contribution in [0.15, 0.2) is 52.3 Å². The van der Waals surface area contributed by atoms with E-state index in [9.17, 15) is 0 Å². The fourth-order valence-corrected chi connectivity index (χ4v) is 2.73. The summed E-state index contributed by atoms with van der Waals surface area (Å²) >= 11 is 7.66. The molecule has 0 aromatic heterocycles. The molecule has 2 aromatic rings. The highest BCUT2D eigenvalue weighted by Crippen LogP contribution is 2.32. The second kappa shape index (κ2) is 6.14. The number of hydrogen-bond acceptors (Lipinski definition) is 3. The van der Waals surface area contributed by atoms with Crippen LogP contribution in [0.5, 0.6) is 5.75 Å². The summed E-state index contributed by atoms with van der Waals surface area (Å²) in [6.07, 6.45) is 0. The number of aliphatic hydroxyl groups is 1. The molecule has 4 heteroatoms. The quantitative estimate of drug-likeness (QED) is 0.918. The van der Waals surface area contributed by atoms with E-state index in [1.807, 2.05) is 42.5 Å². The van der Waals surface area contributed by atoms with Crippen LogP contribution in [0.1, 0.15) is 5.56 Å². The molecule has 0 aliphatic rings. The first-order valence-corrected chi connectivity index (χ1v) is 6.63. The van der Waals surface area contributed by atoms with E-state index < -0.39 is 0 Å². The van der Waals surface area contributed by atoms with E-state index >= 15 is 0 Å². The lowest BCUT2D eigenvalue weighted by Gasteiger charge is -2.06. The zero-order chi connectivity index (χ0) is 13.0. The second-order valence-electron chi connectivity index (χ2n) is 3.69. The van der Waals surface area contributed by atoms with Crippen LogP contribution in [0.2, 0.25) is 5.02 Å². The monoisotopic (exact) mass is 280 g/mol. The third-order valence-electron chi connectivity index (χ3n) is 2.47. The highest BCUT2D eigenvalue weighted by Gasteiger charge is 2.03. The Morgan fingerprint density at radius 1 is 1.17 bits per heavy atom. The number of ether oxygens (including phenoxy) is 1. The lowest BCUT2D eigenvalue weighted by molar-refractivity contribution is 0.282. The number of halogens is 1. The normalized spacial score (nSPS) is 10.4. The highest BCUT2D eigenvalue weighted by atomic mass is 35.5. The number of benzene rings is 2. The first-order valence-electron chi connectivity index (χ1n) is 5.44. The SMILES string of the molecule is COc1cccc(Sc2ccc(CO)c(Cl)c2)c1. The van der Waals surface area contributed by atoms with Gasteiger partial charge in [0.2, 0.25) is 0 Å². The second-order valence-corrected chi connectivity index (χ2v) is 5.25. The topological polar surface area (TPSA) is 29.5 Å². The van der Waals surface area contributed by atoms with Gasteiger partial charge in [0.25, 0.3) is 0 Å². The molecule has 0 atom stereocenters. The number of aliphatic hydroxyl groups excluding tert-OH is 1. The fraction of sp³-hybridized carbons (Fsp3) is 0.143. The van der Waals surface area contributed by atoms with Crippen molar-refractivity contribution in [2.24, 2.45) is 0 Å². The molecule has 0 bridgehead atoms. The van der Waals surface area contributed by atoms with Crippen molar-refractivity contribution in [3.63, 3.8) is 0 Å². The first-order chi connectivity index (χ1) is 8.72. The molecule has 2 aromatic carbocycles. The standard InChI is InChI=1S/C14H13ClO2S/c1-17-11-3-2-4-12(7-11)18-13-6-5-10(9-16)14(15)8-13/h2-8,16H,9H2,1H3. The van der Waals surface area contributed by atoms with Crippen molar-refractivity contribution in [1.29, 1.82) is 0 Å². The zero-order valence-corrected chi connectivity index (χ0v) is 11.5. The molecule has 0 radical (unpaired) electrons. The molecule has 94 valence electrons. The van der Waals surface area contributed by atoms with Crippen LogP contribution < -0.4 is 4.74 Å². The van der Waals surface area contributed by atoms with Crippen LogP contribution in [0.4, 0.5) is 0 Å². The van der Waals surface area contributed by atoms with E-state index in [4.69, 9.17) is 21.4 Å². The Balaban J connectivity index is 2.20. The van der Waals surface area contributed by atoms with Crippen molar-refractivity contribution in [2.45, 2.75) is 16.4 Å². The third kappa shape index (κ3) is 3.19. The van der Waals surface area contributed by atoms with Crippen LogP contribution >= 0.6 is 23.4 Å². The minimum Gasteiger partial charge on any atom is -0.497 e. The Bertz CT molecular complexity index is 543. The first kappa shape index (κ1) is 13.3. The number of rotatable bonds is 4. The summed E-state index contributed by atoms with van der Waals surface area (Å²) in [5, 5.41) is 9.65. The van der Waals surface area contributed by atoms with Gasteiger partial charge in [-0.1, -0.05) is 35.5 Å². The average molecular weight is 281 g/mol. The summed E-state index contributed by atoms with van der Waals surface area (Å²) in [6, 6.07) is 13.5. The van der Waals surface area contributed by atoms with Crippen LogP contribution in [-0.2, 0) is 6.61 Å². The van der Waals surface area contributed by atoms with Crippen molar-refractivity contribution in [3.8, 4) is 5.75 Å². The Labute approximate surface area is 116 Å². The minimum absolute atomic E-state index is 0.0388. The maximum atomic E-state index is 9.06. The van der Waals surface area contributed by atoms with Gasteiger partial charge in [0.05, 0.1) is 13.7 Å². The van der Waals surface area contributed by atoms with Crippen LogP contribution in [0.25, 0.3) is 0 Å². The van der Waals surface area contributed by atoms with Gasteiger partial charge in [-0.15, -0.1) is 0 Å². The molecule has 0 aliphatic heterocycles. The van der Waals surface area contributed by atoms with Gasteiger partial charge in [-0.05, 0) is 35.9 Å². The Hall–Kier alpha value is -1.16. The molecule has 0 heterocycles. The molecular weight excluding hydrogens is 268 g/mol. The fourth-order valence-electron chi connectivity index (χ4n) is 1.52. The summed E-state index contributed by atoms with van der Waals surface area (Å²) in [6.45, 7) is -0.0388. The molecule has 0 spiro atoms. The predicted octanol–water partition coefficient (Wildman–Crippen LogP) is 3.99. The van der Waals surface area contributed by atoms with Gasteiger partial charge in [-0.3, -0.25) is 0 Å². The maximum Gasteiger partial charge on any atom is 0.119 e. The molecule has 18 heavy (non-hydrogen) atoms. The van der Waals surface area contributed by atoms with E-state index in [1.165, 1.54) is 0 Å². The lowest BCUT2D eigenvalue weighted by Crippen LogP contribution is -1.85. The van der Waals surface area contributed by atoms with Gasteiger partial charge < -0.3 is 9.84 Å². The largest absolute Gasteiger partial charge is 0.497 e. The number of hydrogen-bond donors (Lipinski definition) is 1. The molecule has 1 N–H and O–H groups in total. The van der Waals surface area contributed by atoms with Gasteiger partial charge in [0.15, 0.2) is 0 Å². The molecule has 0 aliphatic carbocycles. The minimum atomic E-state index is -0.0388. The van der Waals surface area contributed by atoms with Gasteiger partial charge in [0, 0.05) is 14.8 Å². The van der Waals surface area contributed by atoms with Crippen molar-refractivity contribution < 1.29 is 9.84 Å². The number of methoxy groups -OCH3 is 1.